The molecule has 0 aliphatic carbocycles. The number of halogens is 1. The maximum atomic E-state index is 12.1. The van der Waals surface area contributed by atoms with Gasteiger partial charge in [-0.3, -0.25) is 14.5 Å². The van der Waals surface area contributed by atoms with Crippen LogP contribution in [0, 0.1) is 0 Å². The Hall–Kier alpha value is -0.690. The van der Waals surface area contributed by atoms with E-state index in [1.807, 2.05) is 0 Å². The third-order valence-corrected chi connectivity index (χ3v) is 3.69. The van der Waals surface area contributed by atoms with Crippen molar-refractivity contribution in [1.29, 1.82) is 0 Å². The van der Waals surface area contributed by atoms with Gasteiger partial charge >= 0.3 is 29.6 Å². The van der Waals surface area contributed by atoms with Crippen molar-refractivity contribution in [3.8, 4) is 0 Å². The number of carbonyl (C=O) groups excluding carboxylic acids is 3. The van der Waals surface area contributed by atoms with E-state index in [2.05, 4.69) is 15.9 Å². The Labute approximate surface area is 153 Å². The number of carboxylic acids is 1. The van der Waals surface area contributed by atoms with Gasteiger partial charge in [-0.1, -0.05) is 22.4 Å². The molecule has 0 spiro atoms. The van der Waals surface area contributed by atoms with Crippen LogP contribution in [0.1, 0.15) is 46.4 Å². The maximum absolute atomic E-state index is 12.1. The second-order valence-electron chi connectivity index (χ2n) is 4.63. The Bertz CT molecular complexity index is 576. The van der Waals surface area contributed by atoms with E-state index >= 15 is 0 Å². The predicted molar refractivity (Wildman–Crippen MR) is 73.0 cm³/mol. The van der Waals surface area contributed by atoms with Gasteiger partial charge in [-0.15, -0.1) is 0 Å². The SMILES string of the molecule is O=C([O-])CCCCCN1C(=O)c2ccc(Br)cc2C1=O.[Na+]. The van der Waals surface area contributed by atoms with Gasteiger partial charge in [0.05, 0.1) is 11.1 Å². The fourth-order valence-electron chi connectivity index (χ4n) is 2.18. The molecule has 0 saturated carbocycles. The number of hydrogen-bond acceptors (Lipinski definition) is 4. The van der Waals surface area contributed by atoms with Crippen LogP contribution >= 0.6 is 15.9 Å². The van der Waals surface area contributed by atoms with Gasteiger partial charge in [-0.25, -0.2) is 0 Å². The summed E-state index contributed by atoms with van der Waals surface area (Å²) in [6, 6.07) is 5.01. The molecule has 1 aliphatic heterocycles. The fraction of sp³-hybridized carbons (Fsp3) is 0.357. The standard InChI is InChI=1S/C14H14BrNO4.Na/c15-9-5-6-10-11(8-9)14(20)16(13(10)19)7-3-1-2-4-12(17)18;/h5-6,8H,1-4,7H2,(H,17,18);/q;+1/p-1. The van der Waals surface area contributed by atoms with Gasteiger partial charge in [0.1, 0.15) is 0 Å². The van der Waals surface area contributed by atoms with Crippen LogP contribution in [-0.4, -0.2) is 29.2 Å². The zero-order chi connectivity index (χ0) is 14.7. The Morgan fingerprint density at radius 2 is 1.76 bits per heavy atom. The molecule has 1 aliphatic rings. The number of fused-ring (bicyclic) bond motifs is 1. The van der Waals surface area contributed by atoms with E-state index in [0.29, 0.717) is 36.9 Å². The number of carboxylic acid groups (broad SMARTS) is 1. The van der Waals surface area contributed by atoms with E-state index in [-0.39, 0.29) is 47.8 Å². The molecule has 2 amide bonds. The van der Waals surface area contributed by atoms with Crippen molar-refractivity contribution in [3.63, 3.8) is 0 Å². The molecule has 7 heteroatoms. The number of carbonyl (C=O) groups is 3. The molecule has 1 aromatic carbocycles. The number of unbranched alkanes of at least 4 members (excludes halogenated alkanes) is 2. The first-order valence-corrected chi connectivity index (χ1v) is 7.15. The van der Waals surface area contributed by atoms with Gasteiger partial charge < -0.3 is 9.90 Å². The Kier molecular flexibility index (Phi) is 7.06. The molecular weight excluding hydrogens is 349 g/mol. The summed E-state index contributed by atoms with van der Waals surface area (Å²) in [5.74, 6) is -1.64. The summed E-state index contributed by atoms with van der Waals surface area (Å²) < 4.78 is 0.758. The second kappa shape index (κ2) is 8.08. The van der Waals surface area contributed by atoms with Crippen molar-refractivity contribution in [2.24, 2.45) is 0 Å². The summed E-state index contributed by atoms with van der Waals surface area (Å²) in [6.07, 6.45) is 1.75. The average molecular weight is 362 g/mol. The van der Waals surface area contributed by atoms with Crippen molar-refractivity contribution < 1.29 is 49.0 Å². The van der Waals surface area contributed by atoms with Crippen molar-refractivity contribution in [2.45, 2.75) is 25.7 Å². The molecule has 2 rings (SSSR count). The molecule has 0 radical (unpaired) electrons. The summed E-state index contributed by atoms with van der Waals surface area (Å²) >= 11 is 3.28. The van der Waals surface area contributed by atoms with Crippen LogP contribution in [0.4, 0.5) is 0 Å². The minimum atomic E-state index is -1.07. The quantitative estimate of drug-likeness (QED) is 0.346. The molecule has 0 bridgehead atoms. The minimum absolute atomic E-state index is 0. The molecule has 1 aromatic rings. The molecule has 21 heavy (non-hydrogen) atoms. The number of benzene rings is 1. The molecule has 0 aromatic heterocycles. The van der Waals surface area contributed by atoms with Gasteiger partial charge in [-0.05, 0) is 37.5 Å². The number of rotatable bonds is 6. The number of nitrogens with zero attached hydrogens (tertiary/aromatic N) is 1. The van der Waals surface area contributed by atoms with Crippen LogP contribution in [0.3, 0.4) is 0 Å². The van der Waals surface area contributed by atoms with Crippen LogP contribution in [0.25, 0.3) is 0 Å². The van der Waals surface area contributed by atoms with Gasteiger partial charge in [0.25, 0.3) is 11.8 Å². The van der Waals surface area contributed by atoms with Gasteiger partial charge in [-0.2, -0.15) is 0 Å². The predicted octanol–water partition coefficient (Wildman–Crippen LogP) is -1.64. The molecule has 106 valence electrons. The van der Waals surface area contributed by atoms with E-state index in [0.717, 1.165) is 4.47 Å². The smallest absolute Gasteiger partial charge is 0.550 e. The third-order valence-electron chi connectivity index (χ3n) is 3.20. The topological polar surface area (TPSA) is 77.5 Å². The second-order valence-corrected chi connectivity index (χ2v) is 5.55. The average Bonchev–Trinajstić information content (AvgIpc) is 2.62. The summed E-state index contributed by atoms with van der Waals surface area (Å²) in [4.78, 5) is 35.7. The number of aliphatic carboxylic acids is 1. The van der Waals surface area contributed by atoms with E-state index in [1.54, 1.807) is 18.2 Å². The molecular formula is C14H13BrNNaO4. The summed E-state index contributed by atoms with van der Waals surface area (Å²) in [6.45, 7) is 0.316. The third kappa shape index (κ3) is 4.39. The molecule has 0 saturated heterocycles. The molecule has 0 unspecified atom stereocenters. The Morgan fingerprint density at radius 1 is 1.10 bits per heavy atom. The van der Waals surface area contributed by atoms with Gasteiger partial charge in [0.15, 0.2) is 0 Å². The fourth-order valence-corrected chi connectivity index (χ4v) is 2.54. The normalized spacial score (nSPS) is 13.1. The van der Waals surface area contributed by atoms with Gasteiger partial charge in [0, 0.05) is 17.0 Å². The first-order chi connectivity index (χ1) is 9.50. The summed E-state index contributed by atoms with van der Waals surface area (Å²) in [5, 5.41) is 10.3. The van der Waals surface area contributed by atoms with Crippen molar-refractivity contribution >= 4 is 33.7 Å². The number of hydrogen-bond donors (Lipinski definition) is 0. The summed E-state index contributed by atoms with van der Waals surface area (Å²) in [5.41, 5.74) is 0.840. The van der Waals surface area contributed by atoms with E-state index in [4.69, 9.17) is 0 Å². The Morgan fingerprint density at radius 3 is 2.43 bits per heavy atom. The molecule has 0 N–H and O–H groups in total. The van der Waals surface area contributed by atoms with E-state index in [1.165, 1.54) is 4.90 Å². The van der Waals surface area contributed by atoms with Crippen molar-refractivity contribution in [1.82, 2.24) is 4.90 Å². The van der Waals surface area contributed by atoms with Crippen molar-refractivity contribution in [2.75, 3.05) is 6.54 Å². The monoisotopic (exact) mass is 361 g/mol. The maximum Gasteiger partial charge on any atom is 1.00 e. The summed E-state index contributed by atoms with van der Waals surface area (Å²) in [7, 11) is 0. The van der Waals surface area contributed by atoms with Crippen LogP contribution in [0.15, 0.2) is 22.7 Å². The molecule has 1 heterocycles. The molecule has 5 nitrogen and oxygen atoms in total. The Balaban J connectivity index is 0.00000220. The van der Waals surface area contributed by atoms with Gasteiger partial charge in [0.2, 0.25) is 0 Å². The van der Waals surface area contributed by atoms with Crippen LogP contribution in [-0.2, 0) is 4.79 Å². The number of imide groups is 1. The number of amides is 2. The van der Waals surface area contributed by atoms with E-state index < -0.39 is 5.97 Å². The largest absolute Gasteiger partial charge is 1.00 e. The minimum Gasteiger partial charge on any atom is -0.550 e. The zero-order valence-electron chi connectivity index (χ0n) is 11.7. The van der Waals surface area contributed by atoms with Crippen molar-refractivity contribution in [3.05, 3.63) is 33.8 Å². The van der Waals surface area contributed by atoms with Crippen LogP contribution < -0.4 is 34.7 Å². The first kappa shape index (κ1) is 18.4. The molecule has 0 fully saturated rings. The molecule has 0 atom stereocenters. The van der Waals surface area contributed by atoms with Crippen LogP contribution in [0.5, 0.6) is 0 Å². The zero-order valence-corrected chi connectivity index (χ0v) is 15.3. The first-order valence-electron chi connectivity index (χ1n) is 6.36. The van der Waals surface area contributed by atoms with E-state index in [9.17, 15) is 19.5 Å². The van der Waals surface area contributed by atoms with Crippen LogP contribution in [0.2, 0.25) is 0 Å².